The van der Waals surface area contributed by atoms with Crippen molar-refractivity contribution in [3.63, 3.8) is 0 Å². The Morgan fingerprint density at radius 3 is 2.67 bits per heavy atom. The van der Waals surface area contributed by atoms with Crippen molar-refractivity contribution in [3.05, 3.63) is 38.7 Å². The summed E-state index contributed by atoms with van der Waals surface area (Å²) in [6, 6.07) is 2.88. The number of nitrogens with one attached hydrogen (secondary N) is 1. The predicted octanol–water partition coefficient (Wildman–Crippen LogP) is 1.27. The first-order valence-corrected chi connectivity index (χ1v) is 6.15. The molecule has 110 valence electrons. The standard InChI is InChI=1S/C13H10ClNO6/c1-5-2-6(14)3-7-10(18)9(13(20)21-11(5)7)12(19)15-4-8(16)17/h2-3,18H,4H2,1H3,(H,15,19)(H,16,17). The van der Waals surface area contributed by atoms with Gasteiger partial charge in [0.15, 0.2) is 5.56 Å². The Labute approximate surface area is 122 Å². The summed E-state index contributed by atoms with van der Waals surface area (Å²) in [6.45, 7) is 0.936. The van der Waals surface area contributed by atoms with Crippen LogP contribution in [0.4, 0.5) is 0 Å². The van der Waals surface area contributed by atoms with E-state index >= 15 is 0 Å². The van der Waals surface area contributed by atoms with Gasteiger partial charge in [-0.2, -0.15) is 0 Å². The molecule has 0 radical (unpaired) electrons. The Morgan fingerprint density at radius 1 is 1.38 bits per heavy atom. The minimum Gasteiger partial charge on any atom is -0.506 e. The molecule has 2 aromatic rings. The van der Waals surface area contributed by atoms with Gasteiger partial charge in [0.25, 0.3) is 5.91 Å². The molecule has 0 bridgehead atoms. The first kappa shape index (κ1) is 14.9. The third kappa shape index (κ3) is 2.82. The maximum Gasteiger partial charge on any atom is 0.353 e. The fourth-order valence-corrected chi connectivity index (χ4v) is 2.13. The number of benzene rings is 1. The molecule has 0 spiro atoms. The van der Waals surface area contributed by atoms with Crippen LogP contribution in [0.3, 0.4) is 0 Å². The number of rotatable bonds is 3. The van der Waals surface area contributed by atoms with Crippen molar-refractivity contribution in [1.29, 1.82) is 0 Å². The summed E-state index contributed by atoms with van der Waals surface area (Å²) < 4.78 is 5.00. The third-order valence-electron chi connectivity index (χ3n) is 2.76. The smallest absolute Gasteiger partial charge is 0.353 e. The summed E-state index contributed by atoms with van der Waals surface area (Å²) in [5, 5.41) is 21.0. The van der Waals surface area contributed by atoms with Crippen LogP contribution in [0.25, 0.3) is 11.0 Å². The first-order valence-electron chi connectivity index (χ1n) is 5.77. The molecule has 21 heavy (non-hydrogen) atoms. The van der Waals surface area contributed by atoms with E-state index in [9.17, 15) is 19.5 Å². The second kappa shape index (κ2) is 5.45. The molecule has 1 amide bonds. The summed E-state index contributed by atoms with van der Waals surface area (Å²) >= 11 is 5.86. The molecule has 2 rings (SSSR count). The number of halogens is 1. The summed E-state index contributed by atoms with van der Waals surface area (Å²) in [7, 11) is 0. The van der Waals surface area contributed by atoms with Gasteiger partial charge >= 0.3 is 11.6 Å². The van der Waals surface area contributed by atoms with Gasteiger partial charge in [0, 0.05) is 5.02 Å². The molecule has 0 saturated carbocycles. The molecule has 8 heteroatoms. The van der Waals surface area contributed by atoms with Crippen molar-refractivity contribution >= 4 is 34.4 Å². The summed E-state index contributed by atoms with van der Waals surface area (Å²) in [6.07, 6.45) is 0. The van der Waals surface area contributed by atoms with Crippen molar-refractivity contribution in [2.75, 3.05) is 6.54 Å². The predicted molar refractivity (Wildman–Crippen MR) is 73.9 cm³/mol. The lowest BCUT2D eigenvalue weighted by molar-refractivity contribution is -0.135. The van der Waals surface area contributed by atoms with Gasteiger partial charge in [-0.15, -0.1) is 0 Å². The topological polar surface area (TPSA) is 117 Å². The van der Waals surface area contributed by atoms with Crippen molar-refractivity contribution in [2.24, 2.45) is 0 Å². The molecule has 1 aromatic heterocycles. The lowest BCUT2D eigenvalue weighted by Gasteiger charge is -2.08. The Kier molecular flexibility index (Phi) is 3.86. The van der Waals surface area contributed by atoms with Crippen LogP contribution in [0, 0.1) is 6.92 Å². The Bertz CT molecular complexity index is 810. The van der Waals surface area contributed by atoms with Crippen molar-refractivity contribution in [1.82, 2.24) is 5.32 Å². The number of amides is 1. The van der Waals surface area contributed by atoms with Crippen LogP contribution in [0.2, 0.25) is 5.02 Å². The zero-order valence-corrected chi connectivity index (χ0v) is 11.5. The molecule has 0 atom stereocenters. The normalized spacial score (nSPS) is 10.6. The van der Waals surface area contributed by atoms with Crippen LogP contribution in [0.1, 0.15) is 15.9 Å². The monoisotopic (exact) mass is 311 g/mol. The third-order valence-corrected chi connectivity index (χ3v) is 2.98. The second-order valence-electron chi connectivity index (χ2n) is 4.29. The Balaban J connectivity index is 2.63. The van der Waals surface area contributed by atoms with Crippen molar-refractivity contribution in [2.45, 2.75) is 6.92 Å². The lowest BCUT2D eigenvalue weighted by atomic mass is 10.1. The maximum absolute atomic E-state index is 11.8. The molecule has 0 unspecified atom stereocenters. The van der Waals surface area contributed by atoms with Crippen molar-refractivity contribution < 1.29 is 24.2 Å². The van der Waals surface area contributed by atoms with Crippen molar-refractivity contribution in [3.8, 4) is 5.75 Å². The number of aryl methyl sites for hydroxylation is 1. The number of aliphatic carboxylic acids is 1. The SMILES string of the molecule is Cc1cc(Cl)cc2c(O)c(C(=O)NCC(=O)O)c(=O)oc12. The van der Waals surface area contributed by atoms with E-state index in [-0.39, 0.29) is 11.0 Å². The fourth-order valence-electron chi connectivity index (χ4n) is 1.86. The zero-order chi connectivity index (χ0) is 15.7. The van der Waals surface area contributed by atoms with Crippen LogP contribution in [0.15, 0.2) is 21.3 Å². The van der Waals surface area contributed by atoms with Gasteiger partial charge < -0.3 is 19.9 Å². The molecule has 0 aliphatic carbocycles. The molecule has 1 heterocycles. The quantitative estimate of drug-likeness (QED) is 0.735. The second-order valence-corrected chi connectivity index (χ2v) is 4.73. The van der Waals surface area contributed by atoms with E-state index in [4.69, 9.17) is 21.1 Å². The number of hydrogen-bond donors (Lipinski definition) is 3. The molecule has 0 saturated heterocycles. The van der Waals surface area contributed by atoms with Crippen LogP contribution in [-0.4, -0.2) is 28.6 Å². The summed E-state index contributed by atoms with van der Waals surface area (Å²) in [5.41, 5.74) is -1.10. The molecule has 3 N–H and O–H groups in total. The largest absolute Gasteiger partial charge is 0.506 e. The number of carbonyl (C=O) groups excluding carboxylic acids is 1. The maximum atomic E-state index is 11.8. The van der Waals surface area contributed by atoms with E-state index in [1.54, 1.807) is 6.92 Å². The molecule has 0 aliphatic rings. The average molecular weight is 312 g/mol. The molecule has 7 nitrogen and oxygen atoms in total. The summed E-state index contributed by atoms with van der Waals surface area (Å²) in [5.74, 6) is -2.93. The van der Waals surface area contributed by atoms with E-state index in [1.807, 2.05) is 5.32 Å². The van der Waals surface area contributed by atoms with Gasteiger partial charge in [-0.3, -0.25) is 9.59 Å². The van der Waals surface area contributed by atoms with E-state index in [0.717, 1.165) is 0 Å². The van der Waals surface area contributed by atoms with Crippen LogP contribution >= 0.6 is 11.6 Å². The Hall–Kier alpha value is -2.54. The number of carboxylic acids is 1. The van der Waals surface area contributed by atoms with E-state index in [1.165, 1.54) is 12.1 Å². The molecule has 1 aromatic carbocycles. The highest BCUT2D eigenvalue weighted by atomic mass is 35.5. The van der Waals surface area contributed by atoms with E-state index < -0.39 is 35.4 Å². The summed E-state index contributed by atoms with van der Waals surface area (Å²) in [4.78, 5) is 34.0. The zero-order valence-electron chi connectivity index (χ0n) is 10.8. The first-order chi connectivity index (χ1) is 9.81. The number of hydrogen-bond acceptors (Lipinski definition) is 5. The molecular weight excluding hydrogens is 302 g/mol. The highest BCUT2D eigenvalue weighted by Crippen LogP contribution is 2.31. The van der Waals surface area contributed by atoms with Gasteiger partial charge in [-0.1, -0.05) is 11.6 Å². The van der Waals surface area contributed by atoms with Crippen LogP contribution < -0.4 is 10.9 Å². The molecule has 0 fully saturated rings. The van der Waals surface area contributed by atoms with Gasteiger partial charge in [0.2, 0.25) is 0 Å². The minimum atomic E-state index is -1.29. The highest BCUT2D eigenvalue weighted by molar-refractivity contribution is 6.31. The number of fused-ring (bicyclic) bond motifs is 1. The fraction of sp³-hybridized carbons (Fsp3) is 0.154. The van der Waals surface area contributed by atoms with E-state index in [0.29, 0.717) is 10.6 Å². The van der Waals surface area contributed by atoms with Gasteiger partial charge in [0.05, 0.1) is 5.39 Å². The van der Waals surface area contributed by atoms with Crippen LogP contribution in [0.5, 0.6) is 5.75 Å². The lowest BCUT2D eigenvalue weighted by Crippen LogP contribution is -2.32. The highest BCUT2D eigenvalue weighted by Gasteiger charge is 2.22. The average Bonchev–Trinajstić information content (AvgIpc) is 2.38. The molecule has 0 aliphatic heterocycles. The Morgan fingerprint density at radius 2 is 2.05 bits per heavy atom. The van der Waals surface area contributed by atoms with Crippen LogP contribution in [-0.2, 0) is 4.79 Å². The van der Waals surface area contributed by atoms with E-state index in [2.05, 4.69) is 0 Å². The number of aromatic hydroxyl groups is 1. The number of carbonyl (C=O) groups is 2. The van der Waals surface area contributed by atoms with Gasteiger partial charge in [-0.25, -0.2) is 4.79 Å². The minimum absolute atomic E-state index is 0.0973. The van der Waals surface area contributed by atoms with Gasteiger partial charge in [0.1, 0.15) is 17.9 Å². The van der Waals surface area contributed by atoms with Gasteiger partial charge in [-0.05, 0) is 24.6 Å². The number of carboxylic acid groups (broad SMARTS) is 1. The molecular formula is C13H10ClNO6.